The molecule has 0 aromatic carbocycles. The molecule has 68 valence electrons. The summed E-state index contributed by atoms with van der Waals surface area (Å²) >= 11 is 0. The van der Waals surface area contributed by atoms with Crippen LogP contribution in [-0.2, 0) is 0 Å². The van der Waals surface area contributed by atoms with Gasteiger partial charge >= 0.3 is 0 Å². The van der Waals surface area contributed by atoms with E-state index in [2.05, 4.69) is 34.6 Å². The van der Waals surface area contributed by atoms with E-state index in [1.807, 2.05) is 0 Å². The van der Waals surface area contributed by atoms with Crippen LogP contribution in [0.4, 0.5) is 0 Å². The summed E-state index contributed by atoms with van der Waals surface area (Å²) < 4.78 is 0. The standard InChI is InChI=1S/C12H20/c1-6-8(2)12-7-9(3)10(4)11(12)5/h8H,6-7H2,1-5H3. The van der Waals surface area contributed by atoms with Crippen molar-refractivity contribution in [2.24, 2.45) is 5.92 Å². The first kappa shape index (κ1) is 9.57. The Hall–Kier alpha value is -0.520. The molecular weight excluding hydrogens is 144 g/mol. The first-order chi connectivity index (χ1) is 5.57. The predicted molar refractivity (Wildman–Crippen MR) is 55.1 cm³/mol. The Bertz CT molecular complexity index is 241. The van der Waals surface area contributed by atoms with Gasteiger partial charge in [-0.15, -0.1) is 0 Å². The summed E-state index contributed by atoms with van der Waals surface area (Å²) in [6, 6.07) is 0. The number of hydrogen-bond acceptors (Lipinski definition) is 0. The van der Waals surface area contributed by atoms with Crippen LogP contribution < -0.4 is 0 Å². The van der Waals surface area contributed by atoms with Gasteiger partial charge in [0.15, 0.2) is 0 Å². The Morgan fingerprint density at radius 2 is 1.75 bits per heavy atom. The zero-order valence-electron chi connectivity index (χ0n) is 8.99. The molecular formula is C12H20. The van der Waals surface area contributed by atoms with Crippen LogP contribution in [0.25, 0.3) is 0 Å². The van der Waals surface area contributed by atoms with E-state index in [0.717, 1.165) is 5.92 Å². The third-order valence-electron chi connectivity index (χ3n) is 3.35. The average molecular weight is 164 g/mol. The molecule has 0 saturated carbocycles. The van der Waals surface area contributed by atoms with Crippen molar-refractivity contribution in [3.05, 3.63) is 22.3 Å². The van der Waals surface area contributed by atoms with Crippen molar-refractivity contribution < 1.29 is 0 Å². The van der Waals surface area contributed by atoms with Crippen LogP contribution in [0.1, 0.15) is 47.5 Å². The van der Waals surface area contributed by atoms with Gasteiger partial charge in [-0.3, -0.25) is 0 Å². The number of allylic oxidation sites excluding steroid dienone is 4. The lowest BCUT2D eigenvalue weighted by Crippen LogP contribution is -1.97. The molecule has 1 atom stereocenters. The molecule has 1 unspecified atom stereocenters. The van der Waals surface area contributed by atoms with E-state index < -0.39 is 0 Å². The summed E-state index contributed by atoms with van der Waals surface area (Å²) in [6.45, 7) is 11.4. The zero-order valence-corrected chi connectivity index (χ0v) is 8.99. The van der Waals surface area contributed by atoms with Gasteiger partial charge in [0.2, 0.25) is 0 Å². The van der Waals surface area contributed by atoms with Crippen molar-refractivity contribution in [3.63, 3.8) is 0 Å². The molecule has 0 spiro atoms. The first-order valence-corrected chi connectivity index (χ1v) is 4.94. The quantitative estimate of drug-likeness (QED) is 0.576. The minimum absolute atomic E-state index is 0.775. The molecule has 0 amide bonds. The maximum Gasteiger partial charge on any atom is -0.00969 e. The maximum absolute atomic E-state index is 2.34. The molecule has 0 N–H and O–H groups in total. The molecule has 1 rings (SSSR count). The lowest BCUT2D eigenvalue weighted by Gasteiger charge is -2.12. The van der Waals surface area contributed by atoms with Gasteiger partial charge in [0.05, 0.1) is 0 Å². The highest BCUT2D eigenvalue weighted by atomic mass is 14.2. The lowest BCUT2D eigenvalue weighted by atomic mass is 9.94. The molecule has 0 aromatic rings. The second-order valence-electron chi connectivity index (χ2n) is 4.04. The topological polar surface area (TPSA) is 0 Å². The molecule has 0 nitrogen and oxygen atoms in total. The van der Waals surface area contributed by atoms with Gasteiger partial charge in [0, 0.05) is 0 Å². The lowest BCUT2D eigenvalue weighted by molar-refractivity contribution is 0.637. The third-order valence-corrected chi connectivity index (χ3v) is 3.35. The van der Waals surface area contributed by atoms with Gasteiger partial charge in [-0.1, -0.05) is 25.0 Å². The van der Waals surface area contributed by atoms with Gasteiger partial charge < -0.3 is 0 Å². The fourth-order valence-electron chi connectivity index (χ4n) is 1.90. The van der Waals surface area contributed by atoms with E-state index in [1.54, 1.807) is 16.7 Å². The van der Waals surface area contributed by atoms with Crippen LogP contribution in [0.3, 0.4) is 0 Å². The fourth-order valence-corrected chi connectivity index (χ4v) is 1.90. The van der Waals surface area contributed by atoms with Gasteiger partial charge in [0.1, 0.15) is 0 Å². The zero-order chi connectivity index (χ0) is 9.30. The molecule has 0 aliphatic heterocycles. The third kappa shape index (κ3) is 1.48. The highest BCUT2D eigenvalue weighted by Gasteiger charge is 2.18. The van der Waals surface area contributed by atoms with E-state index in [1.165, 1.54) is 18.4 Å². The predicted octanol–water partition coefficient (Wildman–Crippen LogP) is 4.09. The molecule has 1 aliphatic rings. The van der Waals surface area contributed by atoms with E-state index in [-0.39, 0.29) is 0 Å². The average Bonchev–Trinajstić information content (AvgIpc) is 2.32. The normalized spacial score (nSPS) is 20.8. The van der Waals surface area contributed by atoms with Crippen LogP contribution in [0.5, 0.6) is 0 Å². The Morgan fingerprint density at radius 3 is 2.08 bits per heavy atom. The summed E-state index contributed by atoms with van der Waals surface area (Å²) in [7, 11) is 0. The minimum atomic E-state index is 0.775. The van der Waals surface area contributed by atoms with Crippen molar-refractivity contribution in [1.82, 2.24) is 0 Å². The van der Waals surface area contributed by atoms with Crippen molar-refractivity contribution in [3.8, 4) is 0 Å². The second-order valence-corrected chi connectivity index (χ2v) is 4.04. The smallest absolute Gasteiger partial charge is 0.00969 e. The summed E-state index contributed by atoms with van der Waals surface area (Å²) in [4.78, 5) is 0. The molecule has 12 heavy (non-hydrogen) atoms. The summed E-state index contributed by atoms with van der Waals surface area (Å²) in [5.41, 5.74) is 6.34. The minimum Gasteiger partial charge on any atom is -0.0661 e. The van der Waals surface area contributed by atoms with Crippen LogP contribution >= 0.6 is 0 Å². The summed E-state index contributed by atoms with van der Waals surface area (Å²) in [5.74, 6) is 0.775. The summed E-state index contributed by atoms with van der Waals surface area (Å²) in [6.07, 6.45) is 2.50. The Balaban J connectivity index is 2.86. The largest absolute Gasteiger partial charge is 0.0661 e. The highest BCUT2D eigenvalue weighted by Crippen LogP contribution is 2.36. The van der Waals surface area contributed by atoms with E-state index in [0.29, 0.717) is 0 Å². The Labute approximate surface area is 76.4 Å². The number of hydrogen-bond donors (Lipinski definition) is 0. The van der Waals surface area contributed by atoms with Crippen molar-refractivity contribution in [2.45, 2.75) is 47.5 Å². The first-order valence-electron chi connectivity index (χ1n) is 4.94. The van der Waals surface area contributed by atoms with Crippen LogP contribution in [-0.4, -0.2) is 0 Å². The van der Waals surface area contributed by atoms with Crippen LogP contribution in [0, 0.1) is 5.92 Å². The van der Waals surface area contributed by atoms with Crippen molar-refractivity contribution in [2.75, 3.05) is 0 Å². The van der Waals surface area contributed by atoms with E-state index in [9.17, 15) is 0 Å². The molecule has 1 aliphatic carbocycles. The second kappa shape index (κ2) is 3.47. The molecule has 0 fully saturated rings. The molecule has 0 aromatic heterocycles. The van der Waals surface area contributed by atoms with Gasteiger partial charge in [-0.25, -0.2) is 0 Å². The van der Waals surface area contributed by atoms with E-state index >= 15 is 0 Å². The van der Waals surface area contributed by atoms with Crippen LogP contribution in [0.15, 0.2) is 22.3 Å². The SMILES string of the molecule is CCC(C)C1=C(C)C(C)=C(C)C1. The van der Waals surface area contributed by atoms with Gasteiger partial charge in [-0.2, -0.15) is 0 Å². The van der Waals surface area contributed by atoms with Crippen LogP contribution in [0.2, 0.25) is 0 Å². The van der Waals surface area contributed by atoms with Crippen molar-refractivity contribution in [1.29, 1.82) is 0 Å². The van der Waals surface area contributed by atoms with Gasteiger partial charge in [0.25, 0.3) is 0 Å². The van der Waals surface area contributed by atoms with Gasteiger partial charge in [-0.05, 0) is 50.7 Å². The summed E-state index contributed by atoms with van der Waals surface area (Å²) in [5, 5.41) is 0. The monoisotopic (exact) mass is 164 g/mol. The molecule has 0 heterocycles. The Morgan fingerprint density at radius 1 is 1.17 bits per heavy atom. The molecule has 0 bridgehead atoms. The highest BCUT2D eigenvalue weighted by molar-refractivity contribution is 5.44. The Kier molecular flexibility index (Phi) is 2.76. The number of rotatable bonds is 2. The fraction of sp³-hybridized carbons (Fsp3) is 0.667. The molecule has 0 heteroatoms. The molecule has 0 saturated heterocycles. The molecule has 0 radical (unpaired) electrons. The van der Waals surface area contributed by atoms with E-state index in [4.69, 9.17) is 0 Å². The van der Waals surface area contributed by atoms with Crippen molar-refractivity contribution >= 4 is 0 Å². The maximum atomic E-state index is 2.34.